The van der Waals surface area contributed by atoms with Crippen LogP contribution in [0.4, 0.5) is 0 Å². The first kappa shape index (κ1) is 9.59. The summed E-state index contributed by atoms with van der Waals surface area (Å²) < 4.78 is 5.10. The first-order valence-electron chi connectivity index (χ1n) is 3.59. The number of hydrogen-bond acceptors (Lipinski definition) is 3. The van der Waals surface area contributed by atoms with E-state index in [1.165, 1.54) is 13.3 Å². The molecule has 0 aromatic carbocycles. The fourth-order valence-electron chi connectivity index (χ4n) is 0.882. The third kappa shape index (κ3) is 3.58. The number of rotatable bonds is 1. The van der Waals surface area contributed by atoms with Crippen LogP contribution >= 0.6 is 0 Å². The van der Waals surface area contributed by atoms with E-state index >= 15 is 0 Å². The zero-order valence-electron chi connectivity index (χ0n) is 6.47. The molecule has 0 atom stereocenters. The van der Waals surface area contributed by atoms with Gasteiger partial charge in [-0.15, -0.1) is 0 Å². The average Bonchev–Trinajstić information content (AvgIpc) is 2.10. The van der Waals surface area contributed by atoms with Crippen LogP contribution in [0.1, 0.15) is 12.8 Å². The normalized spacial score (nSPS) is 19.0. The van der Waals surface area contributed by atoms with Crippen molar-refractivity contribution in [2.75, 3.05) is 20.3 Å². The minimum atomic E-state index is 0.503. The van der Waals surface area contributed by atoms with Crippen molar-refractivity contribution in [3.05, 3.63) is 0 Å². The van der Waals surface area contributed by atoms with Gasteiger partial charge < -0.3 is 15.9 Å². The van der Waals surface area contributed by atoms with Crippen molar-refractivity contribution in [2.45, 2.75) is 12.8 Å². The lowest BCUT2D eigenvalue weighted by Crippen LogP contribution is -2.15. The third-order valence-electron chi connectivity index (χ3n) is 1.50. The molecule has 3 heteroatoms. The van der Waals surface area contributed by atoms with Crippen molar-refractivity contribution in [1.82, 2.24) is 0 Å². The van der Waals surface area contributed by atoms with Gasteiger partial charge in [-0.3, -0.25) is 0 Å². The van der Waals surface area contributed by atoms with E-state index in [0.29, 0.717) is 5.92 Å². The van der Waals surface area contributed by atoms with Crippen LogP contribution in [-0.2, 0) is 4.74 Å². The fourth-order valence-corrected chi connectivity index (χ4v) is 0.882. The molecule has 0 aromatic rings. The van der Waals surface area contributed by atoms with E-state index in [-0.39, 0.29) is 0 Å². The highest BCUT2D eigenvalue weighted by Crippen LogP contribution is 2.10. The van der Waals surface area contributed by atoms with E-state index in [9.17, 15) is 0 Å². The van der Waals surface area contributed by atoms with Crippen LogP contribution in [0.15, 0.2) is 0 Å². The van der Waals surface area contributed by atoms with Crippen LogP contribution in [-0.4, -0.2) is 26.5 Å². The Morgan fingerprint density at radius 3 is 2.20 bits per heavy atom. The molecule has 0 spiro atoms. The molecular weight excluding hydrogens is 128 g/mol. The Morgan fingerprint density at radius 1 is 1.40 bits per heavy atom. The third-order valence-corrected chi connectivity index (χ3v) is 1.50. The SMILES string of the molecule is CN.N=CC1CCOCC1. The second kappa shape index (κ2) is 6.71. The minimum absolute atomic E-state index is 0.503. The topological polar surface area (TPSA) is 59.1 Å². The van der Waals surface area contributed by atoms with Crippen LogP contribution in [0.25, 0.3) is 0 Å². The van der Waals surface area contributed by atoms with Gasteiger partial charge in [0.2, 0.25) is 0 Å². The van der Waals surface area contributed by atoms with Crippen LogP contribution in [0.5, 0.6) is 0 Å². The van der Waals surface area contributed by atoms with Crippen LogP contribution < -0.4 is 5.73 Å². The van der Waals surface area contributed by atoms with Gasteiger partial charge in [-0.2, -0.15) is 0 Å². The number of hydrogen-bond donors (Lipinski definition) is 2. The van der Waals surface area contributed by atoms with E-state index in [1.807, 2.05) is 0 Å². The summed E-state index contributed by atoms with van der Waals surface area (Å²) in [5.74, 6) is 0.503. The maximum atomic E-state index is 6.92. The molecular formula is C7H16N2O. The Morgan fingerprint density at radius 2 is 1.90 bits per heavy atom. The monoisotopic (exact) mass is 144 g/mol. The number of nitrogens with one attached hydrogen (secondary N) is 1. The smallest absolute Gasteiger partial charge is 0.0472 e. The summed E-state index contributed by atoms with van der Waals surface area (Å²) in [4.78, 5) is 0. The second-order valence-electron chi connectivity index (χ2n) is 2.12. The Hall–Kier alpha value is -0.410. The van der Waals surface area contributed by atoms with Crippen molar-refractivity contribution in [2.24, 2.45) is 11.7 Å². The molecule has 1 heterocycles. The van der Waals surface area contributed by atoms with Gasteiger partial charge in [0.15, 0.2) is 0 Å². The van der Waals surface area contributed by atoms with E-state index in [0.717, 1.165) is 26.1 Å². The molecule has 60 valence electrons. The molecule has 0 amide bonds. The second-order valence-corrected chi connectivity index (χ2v) is 2.12. The molecule has 0 aliphatic carbocycles. The van der Waals surface area contributed by atoms with Gasteiger partial charge in [-0.05, 0) is 32.0 Å². The molecule has 0 aromatic heterocycles. The molecule has 1 fully saturated rings. The Bertz CT molecular complexity index is 79.7. The lowest BCUT2D eigenvalue weighted by Gasteiger charge is -2.16. The first-order chi connectivity index (χ1) is 4.93. The summed E-state index contributed by atoms with van der Waals surface area (Å²) in [7, 11) is 1.50. The van der Waals surface area contributed by atoms with Gasteiger partial charge in [0, 0.05) is 13.2 Å². The highest BCUT2D eigenvalue weighted by Gasteiger charge is 2.09. The number of ether oxygens (including phenoxy) is 1. The van der Waals surface area contributed by atoms with Crippen molar-refractivity contribution in [1.29, 1.82) is 5.41 Å². The average molecular weight is 144 g/mol. The molecule has 0 radical (unpaired) electrons. The van der Waals surface area contributed by atoms with Crippen molar-refractivity contribution >= 4 is 6.21 Å². The molecule has 1 rings (SSSR count). The van der Waals surface area contributed by atoms with Gasteiger partial charge in [-0.1, -0.05) is 0 Å². The Kier molecular flexibility index (Phi) is 6.43. The highest BCUT2D eigenvalue weighted by molar-refractivity contribution is 5.56. The van der Waals surface area contributed by atoms with Crippen molar-refractivity contribution in [3.63, 3.8) is 0 Å². The summed E-state index contributed by atoms with van der Waals surface area (Å²) in [6.07, 6.45) is 3.62. The van der Waals surface area contributed by atoms with E-state index in [2.05, 4.69) is 5.73 Å². The van der Waals surface area contributed by atoms with E-state index in [4.69, 9.17) is 10.1 Å². The van der Waals surface area contributed by atoms with Crippen LogP contribution in [0.3, 0.4) is 0 Å². The van der Waals surface area contributed by atoms with Crippen molar-refractivity contribution in [3.8, 4) is 0 Å². The van der Waals surface area contributed by atoms with Gasteiger partial charge >= 0.3 is 0 Å². The lowest BCUT2D eigenvalue weighted by molar-refractivity contribution is 0.0837. The highest BCUT2D eigenvalue weighted by atomic mass is 16.5. The predicted octanol–water partition coefficient (Wildman–Crippen LogP) is 0.637. The maximum absolute atomic E-state index is 6.92. The van der Waals surface area contributed by atoms with E-state index < -0.39 is 0 Å². The molecule has 0 bridgehead atoms. The Balaban J connectivity index is 0.000000371. The predicted molar refractivity (Wildman–Crippen MR) is 42.4 cm³/mol. The molecule has 1 aliphatic heterocycles. The van der Waals surface area contributed by atoms with Gasteiger partial charge in [-0.25, -0.2) is 0 Å². The molecule has 1 aliphatic rings. The van der Waals surface area contributed by atoms with Crippen molar-refractivity contribution < 1.29 is 4.74 Å². The molecule has 1 saturated heterocycles. The van der Waals surface area contributed by atoms with Crippen LogP contribution in [0, 0.1) is 11.3 Å². The minimum Gasteiger partial charge on any atom is -0.381 e. The lowest BCUT2D eigenvalue weighted by atomic mass is 10.0. The van der Waals surface area contributed by atoms with Gasteiger partial charge in [0.1, 0.15) is 0 Å². The summed E-state index contributed by atoms with van der Waals surface area (Å²) in [6.45, 7) is 1.69. The standard InChI is InChI=1S/C6H11NO.CH5N/c7-5-6-1-3-8-4-2-6;1-2/h5-7H,1-4H2;2H2,1H3. The molecule has 0 saturated carbocycles. The maximum Gasteiger partial charge on any atom is 0.0472 e. The zero-order chi connectivity index (χ0) is 7.82. The van der Waals surface area contributed by atoms with E-state index in [1.54, 1.807) is 0 Å². The summed E-state index contributed by atoms with van der Waals surface area (Å²) in [5.41, 5.74) is 4.50. The summed E-state index contributed by atoms with van der Waals surface area (Å²) in [6, 6.07) is 0. The molecule has 10 heavy (non-hydrogen) atoms. The zero-order valence-corrected chi connectivity index (χ0v) is 6.47. The quantitative estimate of drug-likeness (QED) is 0.530. The fraction of sp³-hybridized carbons (Fsp3) is 0.857. The summed E-state index contributed by atoms with van der Waals surface area (Å²) >= 11 is 0. The Labute approximate surface area is 62.1 Å². The molecule has 0 unspecified atom stereocenters. The molecule has 3 nitrogen and oxygen atoms in total. The largest absolute Gasteiger partial charge is 0.381 e. The number of nitrogens with two attached hydrogens (primary N) is 1. The molecule has 3 N–H and O–H groups in total. The first-order valence-corrected chi connectivity index (χ1v) is 3.59. The van der Waals surface area contributed by atoms with Gasteiger partial charge in [0.25, 0.3) is 0 Å². The van der Waals surface area contributed by atoms with Crippen LogP contribution in [0.2, 0.25) is 0 Å². The summed E-state index contributed by atoms with van der Waals surface area (Å²) in [5, 5.41) is 6.92. The van der Waals surface area contributed by atoms with Gasteiger partial charge in [0.05, 0.1) is 0 Å².